The summed E-state index contributed by atoms with van der Waals surface area (Å²) in [5.74, 6) is 1.72. The number of ether oxygens (including phenoxy) is 1. The molecule has 1 saturated heterocycles. The Labute approximate surface area is 122 Å². The van der Waals surface area contributed by atoms with Crippen LogP contribution in [0.3, 0.4) is 0 Å². The Morgan fingerprint density at radius 3 is 2.90 bits per heavy atom. The summed E-state index contributed by atoms with van der Waals surface area (Å²) in [4.78, 5) is 18.7. The lowest BCUT2D eigenvalue weighted by Gasteiger charge is -2.32. The van der Waals surface area contributed by atoms with E-state index < -0.39 is 0 Å². The summed E-state index contributed by atoms with van der Waals surface area (Å²) in [7, 11) is 1.57. The first-order valence-corrected chi connectivity index (χ1v) is 7.10. The quantitative estimate of drug-likeness (QED) is 0.854. The number of anilines is 1. The molecule has 3 heterocycles. The number of fused-ring (bicyclic) bond motifs is 1. The van der Waals surface area contributed by atoms with Crippen molar-refractivity contribution in [2.45, 2.75) is 12.8 Å². The van der Waals surface area contributed by atoms with Gasteiger partial charge in [-0.15, -0.1) is 0 Å². The number of aromatic nitrogens is 3. The fraction of sp³-hybridized carbons (Fsp3) is 0.500. The predicted molar refractivity (Wildman–Crippen MR) is 80.7 cm³/mol. The number of hydrogen-bond acceptors (Lipinski definition) is 6. The second-order valence-electron chi connectivity index (χ2n) is 5.32. The molecule has 1 fully saturated rings. The summed E-state index contributed by atoms with van der Waals surface area (Å²) in [6.45, 7) is 2.41. The summed E-state index contributed by atoms with van der Waals surface area (Å²) in [5, 5.41) is 7.63. The molecule has 0 amide bonds. The average molecular weight is 289 g/mol. The number of methoxy groups -OCH3 is 1. The van der Waals surface area contributed by atoms with Gasteiger partial charge in [-0.1, -0.05) is 0 Å². The minimum Gasteiger partial charge on any atom is -0.481 e. The third kappa shape index (κ3) is 2.56. The molecule has 21 heavy (non-hydrogen) atoms. The van der Waals surface area contributed by atoms with Gasteiger partial charge in [-0.3, -0.25) is 4.79 Å². The molecule has 0 unspecified atom stereocenters. The van der Waals surface area contributed by atoms with E-state index >= 15 is 0 Å². The first-order chi connectivity index (χ1) is 10.2. The van der Waals surface area contributed by atoms with Crippen molar-refractivity contribution < 1.29 is 4.74 Å². The van der Waals surface area contributed by atoms with Gasteiger partial charge in [0.25, 0.3) is 5.56 Å². The number of nitrogens with one attached hydrogen (secondary N) is 1. The largest absolute Gasteiger partial charge is 0.481 e. The van der Waals surface area contributed by atoms with Gasteiger partial charge in [0.1, 0.15) is 5.82 Å². The molecule has 3 N–H and O–H groups in total. The van der Waals surface area contributed by atoms with E-state index in [1.54, 1.807) is 19.4 Å². The number of hydrogen-bond donors (Lipinski definition) is 2. The molecule has 1 aliphatic rings. The summed E-state index contributed by atoms with van der Waals surface area (Å²) in [6.07, 6.45) is 3.65. The van der Waals surface area contributed by atoms with E-state index in [0.29, 0.717) is 29.5 Å². The second kappa shape index (κ2) is 5.69. The zero-order chi connectivity index (χ0) is 14.8. The Hall–Kier alpha value is -2.15. The minimum atomic E-state index is -0.224. The Balaban J connectivity index is 2.06. The first-order valence-electron chi connectivity index (χ1n) is 7.10. The Morgan fingerprint density at radius 2 is 2.24 bits per heavy atom. The Bertz CT molecular complexity index is 691. The zero-order valence-electron chi connectivity index (χ0n) is 12.0. The molecular weight excluding hydrogens is 270 g/mol. The molecular formula is C14H19N5O2. The van der Waals surface area contributed by atoms with E-state index in [4.69, 9.17) is 10.5 Å². The van der Waals surface area contributed by atoms with Crippen LogP contribution in [0.25, 0.3) is 10.8 Å². The van der Waals surface area contributed by atoms with Crippen LogP contribution in [-0.2, 0) is 0 Å². The third-order valence-corrected chi connectivity index (χ3v) is 4.06. The maximum Gasteiger partial charge on any atom is 0.275 e. The van der Waals surface area contributed by atoms with Crippen molar-refractivity contribution in [1.82, 2.24) is 15.2 Å². The molecule has 0 atom stereocenters. The van der Waals surface area contributed by atoms with Gasteiger partial charge in [0.05, 0.1) is 18.7 Å². The highest BCUT2D eigenvalue weighted by molar-refractivity contribution is 5.91. The predicted octanol–water partition coefficient (Wildman–Crippen LogP) is 0.502. The topological polar surface area (TPSA) is 97.1 Å². The average Bonchev–Trinajstić information content (AvgIpc) is 2.54. The van der Waals surface area contributed by atoms with E-state index in [0.717, 1.165) is 31.3 Å². The van der Waals surface area contributed by atoms with Gasteiger partial charge in [-0.25, -0.2) is 5.10 Å². The van der Waals surface area contributed by atoms with Gasteiger partial charge in [-0.05, 0) is 25.3 Å². The van der Waals surface area contributed by atoms with E-state index in [2.05, 4.69) is 20.1 Å². The number of pyridine rings is 1. The molecule has 3 rings (SSSR count). The van der Waals surface area contributed by atoms with Gasteiger partial charge in [0.15, 0.2) is 0 Å². The molecule has 0 aromatic carbocycles. The lowest BCUT2D eigenvalue weighted by molar-refractivity contribution is 0.393. The standard InChI is InChI=1S/C14H19N5O2/c1-21-11-6-10-8-16-18-14(20)12(10)13(17-11)19-4-2-9(7-15)3-5-19/h6,8-9H,2-5,7,15H2,1H3,(H,18,20). The molecule has 0 saturated carbocycles. The number of rotatable bonds is 3. The fourth-order valence-electron chi connectivity index (χ4n) is 2.79. The van der Waals surface area contributed by atoms with Crippen LogP contribution in [0.15, 0.2) is 17.1 Å². The van der Waals surface area contributed by atoms with E-state index in [1.807, 2.05) is 0 Å². The van der Waals surface area contributed by atoms with Crippen LogP contribution >= 0.6 is 0 Å². The SMILES string of the molecule is COc1cc2cn[nH]c(=O)c2c(N2CCC(CN)CC2)n1. The van der Waals surface area contributed by atoms with E-state index in [-0.39, 0.29) is 5.56 Å². The van der Waals surface area contributed by atoms with Gasteiger partial charge >= 0.3 is 0 Å². The smallest absolute Gasteiger partial charge is 0.275 e. The highest BCUT2D eigenvalue weighted by Crippen LogP contribution is 2.28. The highest BCUT2D eigenvalue weighted by atomic mass is 16.5. The lowest BCUT2D eigenvalue weighted by Crippen LogP contribution is -2.37. The van der Waals surface area contributed by atoms with Crippen LogP contribution in [0.4, 0.5) is 5.82 Å². The maximum atomic E-state index is 12.1. The van der Waals surface area contributed by atoms with Crippen molar-refractivity contribution in [3.63, 3.8) is 0 Å². The number of H-pyrrole nitrogens is 1. The van der Waals surface area contributed by atoms with Crippen LogP contribution in [0.5, 0.6) is 5.88 Å². The van der Waals surface area contributed by atoms with Crippen LogP contribution in [0.2, 0.25) is 0 Å². The molecule has 0 aliphatic carbocycles. The molecule has 2 aromatic rings. The van der Waals surface area contributed by atoms with Crippen LogP contribution in [0.1, 0.15) is 12.8 Å². The van der Waals surface area contributed by atoms with Crippen LogP contribution < -0.4 is 20.9 Å². The molecule has 7 heteroatoms. The first kappa shape index (κ1) is 13.8. The van der Waals surface area contributed by atoms with Gasteiger partial charge in [0.2, 0.25) is 5.88 Å². The van der Waals surface area contributed by atoms with Crippen molar-refractivity contribution in [3.8, 4) is 5.88 Å². The minimum absolute atomic E-state index is 0.224. The monoisotopic (exact) mass is 289 g/mol. The summed E-state index contributed by atoms with van der Waals surface area (Å²) in [5.41, 5.74) is 5.51. The summed E-state index contributed by atoms with van der Waals surface area (Å²) < 4.78 is 5.24. The van der Waals surface area contributed by atoms with Crippen molar-refractivity contribution in [1.29, 1.82) is 0 Å². The lowest BCUT2D eigenvalue weighted by atomic mass is 9.97. The van der Waals surface area contributed by atoms with Crippen molar-refractivity contribution in [2.24, 2.45) is 11.7 Å². The number of nitrogens with two attached hydrogens (primary N) is 1. The number of aromatic amines is 1. The molecule has 112 valence electrons. The zero-order valence-corrected chi connectivity index (χ0v) is 12.0. The summed E-state index contributed by atoms with van der Waals surface area (Å²) in [6, 6.07) is 1.73. The van der Waals surface area contributed by atoms with Gasteiger partial charge in [0, 0.05) is 24.5 Å². The Kier molecular flexibility index (Phi) is 3.74. The van der Waals surface area contributed by atoms with Crippen LogP contribution in [0, 0.1) is 5.92 Å². The van der Waals surface area contributed by atoms with Crippen molar-refractivity contribution in [3.05, 3.63) is 22.6 Å². The van der Waals surface area contributed by atoms with E-state index in [1.165, 1.54) is 0 Å². The second-order valence-corrected chi connectivity index (χ2v) is 5.32. The normalized spacial score (nSPS) is 16.4. The molecule has 7 nitrogen and oxygen atoms in total. The van der Waals surface area contributed by atoms with Gasteiger partial charge in [-0.2, -0.15) is 10.1 Å². The van der Waals surface area contributed by atoms with Gasteiger partial charge < -0.3 is 15.4 Å². The molecule has 1 aliphatic heterocycles. The fourth-order valence-corrected chi connectivity index (χ4v) is 2.79. The third-order valence-electron chi connectivity index (χ3n) is 4.06. The maximum absolute atomic E-state index is 12.1. The molecule has 0 radical (unpaired) electrons. The molecule has 2 aromatic heterocycles. The van der Waals surface area contributed by atoms with Crippen LogP contribution in [-0.4, -0.2) is 41.9 Å². The van der Waals surface area contributed by atoms with Crippen molar-refractivity contribution >= 4 is 16.6 Å². The summed E-state index contributed by atoms with van der Waals surface area (Å²) >= 11 is 0. The highest BCUT2D eigenvalue weighted by Gasteiger charge is 2.22. The Morgan fingerprint density at radius 1 is 1.48 bits per heavy atom. The number of nitrogens with zero attached hydrogens (tertiary/aromatic N) is 3. The van der Waals surface area contributed by atoms with E-state index in [9.17, 15) is 4.79 Å². The number of piperidine rings is 1. The molecule has 0 bridgehead atoms. The van der Waals surface area contributed by atoms with Crippen molar-refractivity contribution in [2.75, 3.05) is 31.6 Å². The molecule has 0 spiro atoms.